The highest BCUT2D eigenvalue weighted by molar-refractivity contribution is 5.91. The van der Waals surface area contributed by atoms with Gasteiger partial charge in [0.05, 0.1) is 11.1 Å². The van der Waals surface area contributed by atoms with Gasteiger partial charge in [-0.25, -0.2) is 0 Å². The van der Waals surface area contributed by atoms with Crippen LogP contribution in [0.4, 0.5) is 0 Å². The quantitative estimate of drug-likeness (QED) is 0.849. The summed E-state index contributed by atoms with van der Waals surface area (Å²) in [7, 11) is 0. The lowest BCUT2D eigenvalue weighted by Gasteiger charge is -2.25. The van der Waals surface area contributed by atoms with Crippen LogP contribution in [0.2, 0.25) is 0 Å². The first-order chi connectivity index (χ1) is 8.70. The molecule has 4 heteroatoms. The molecule has 0 saturated heterocycles. The summed E-state index contributed by atoms with van der Waals surface area (Å²) in [6.45, 7) is 6.03. The van der Waals surface area contributed by atoms with Crippen LogP contribution in [-0.2, 0) is 10.2 Å². The lowest BCUT2D eigenvalue weighted by atomic mass is 9.96. The number of hydrogen-bond acceptors (Lipinski definition) is 3. The minimum absolute atomic E-state index is 0.182. The molecule has 1 aliphatic rings. The van der Waals surface area contributed by atoms with Crippen molar-refractivity contribution in [2.45, 2.75) is 25.7 Å². The Morgan fingerprint density at radius 1 is 1.50 bits per heavy atom. The van der Waals surface area contributed by atoms with Gasteiger partial charge in [-0.15, -0.1) is 0 Å². The predicted octanol–water partition coefficient (Wildman–Crippen LogP) is 1.17. The van der Waals surface area contributed by atoms with E-state index in [1.807, 2.05) is 36.9 Å². The summed E-state index contributed by atoms with van der Waals surface area (Å²) in [5.41, 5.74) is 6.19. The number of carbonyl (C=O) groups is 1. The van der Waals surface area contributed by atoms with E-state index in [0.717, 1.165) is 25.2 Å². The van der Waals surface area contributed by atoms with Crippen LogP contribution < -0.4 is 5.73 Å². The maximum absolute atomic E-state index is 12.7. The van der Waals surface area contributed by atoms with Crippen molar-refractivity contribution in [3.63, 3.8) is 0 Å². The van der Waals surface area contributed by atoms with Gasteiger partial charge in [0.2, 0.25) is 5.91 Å². The third-order valence-electron chi connectivity index (χ3n) is 3.94. The summed E-state index contributed by atoms with van der Waals surface area (Å²) >= 11 is 0. The molecular weight excluding hydrogens is 226 g/mol. The number of rotatable bonds is 5. The number of amides is 1. The van der Waals surface area contributed by atoms with E-state index in [4.69, 9.17) is 5.73 Å². The fraction of sp³-hybridized carbons (Fsp3) is 0.571. The molecule has 0 aromatic carbocycles. The highest BCUT2D eigenvalue weighted by Crippen LogP contribution is 2.54. The van der Waals surface area contributed by atoms with Crippen LogP contribution in [0.25, 0.3) is 0 Å². The van der Waals surface area contributed by atoms with Crippen molar-refractivity contribution >= 4 is 5.91 Å². The summed E-state index contributed by atoms with van der Waals surface area (Å²) < 4.78 is 0. The van der Waals surface area contributed by atoms with Crippen molar-refractivity contribution in [1.29, 1.82) is 0 Å². The normalized spacial score (nSPS) is 25.8. The maximum atomic E-state index is 12.7. The zero-order chi connectivity index (χ0) is 13.2. The Morgan fingerprint density at radius 2 is 2.22 bits per heavy atom. The first-order valence-electron chi connectivity index (χ1n) is 6.61. The largest absolute Gasteiger partial charge is 0.342 e. The second-order valence-electron chi connectivity index (χ2n) is 4.80. The molecule has 1 saturated carbocycles. The van der Waals surface area contributed by atoms with Crippen molar-refractivity contribution in [1.82, 2.24) is 9.88 Å². The molecule has 0 unspecified atom stereocenters. The second kappa shape index (κ2) is 5.06. The molecule has 4 nitrogen and oxygen atoms in total. The number of pyridine rings is 1. The van der Waals surface area contributed by atoms with Crippen LogP contribution in [-0.4, -0.2) is 35.4 Å². The molecule has 2 rings (SSSR count). The van der Waals surface area contributed by atoms with E-state index < -0.39 is 5.41 Å². The van der Waals surface area contributed by atoms with Crippen molar-refractivity contribution in [3.05, 3.63) is 30.1 Å². The molecule has 2 N–H and O–H groups in total. The van der Waals surface area contributed by atoms with E-state index in [0.29, 0.717) is 6.54 Å². The number of likely N-dealkylation sites (N-methyl/N-ethyl adjacent to an activating group) is 1. The van der Waals surface area contributed by atoms with E-state index >= 15 is 0 Å². The molecular formula is C14H21N3O. The van der Waals surface area contributed by atoms with Gasteiger partial charge in [0.1, 0.15) is 0 Å². The molecule has 1 aromatic rings. The minimum Gasteiger partial charge on any atom is -0.342 e. The Balaban J connectivity index is 2.32. The molecule has 0 radical (unpaired) electrons. The molecule has 1 amide bonds. The van der Waals surface area contributed by atoms with Gasteiger partial charge in [0, 0.05) is 19.3 Å². The van der Waals surface area contributed by atoms with Crippen molar-refractivity contribution in [2.24, 2.45) is 11.7 Å². The highest BCUT2D eigenvalue weighted by atomic mass is 16.2. The lowest BCUT2D eigenvalue weighted by molar-refractivity contribution is -0.134. The Kier molecular flexibility index (Phi) is 3.66. The summed E-state index contributed by atoms with van der Waals surface area (Å²) in [6.07, 6.45) is 2.58. The molecule has 1 fully saturated rings. The predicted molar refractivity (Wildman–Crippen MR) is 71.0 cm³/mol. The molecule has 0 spiro atoms. The van der Waals surface area contributed by atoms with Gasteiger partial charge in [-0.05, 0) is 44.9 Å². The van der Waals surface area contributed by atoms with Crippen molar-refractivity contribution in [2.75, 3.05) is 19.6 Å². The van der Waals surface area contributed by atoms with Gasteiger partial charge in [0.25, 0.3) is 0 Å². The molecule has 1 heterocycles. The molecule has 2 atom stereocenters. The van der Waals surface area contributed by atoms with E-state index in [9.17, 15) is 4.79 Å². The summed E-state index contributed by atoms with van der Waals surface area (Å²) in [5, 5.41) is 0. The number of aromatic nitrogens is 1. The minimum atomic E-state index is -0.456. The van der Waals surface area contributed by atoms with Crippen LogP contribution in [0.5, 0.6) is 0 Å². The molecule has 98 valence electrons. The fourth-order valence-electron chi connectivity index (χ4n) is 2.72. The fourth-order valence-corrected chi connectivity index (χ4v) is 2.72. The smallest absolute Gasteiger partial charge is 0.235 e. The first-order valence-corrected chi connectivity index (χ1v) is 6.61. The topological polar surface area (TPSA) is 59.2 Å². The van der Waals surface area contributed by atoms with Gasteiger partial charge < -0.3 is 10.6 Å². The third kappa shape index (κ3) is 1.90. The average Bonchev–Trinajstić information content (AvgIpc) is 3.17. The van der Waals surface area contributed by atoms with Crippen molar-refractivity contribution in [3.8, 4) is 0 Å². The monoisotopic (exact) mass is 247 g/mol. The maximum Gasteiger partial charge on any atom is 0.235 e. The highest BCUT2D eigenvalue weighted by Gasteiger charge is 2.62. The number of carbonyl (C=O) groups excluding carboxylic acids is 1. The summed E-state index contributed by atoms with van der Waals surface area (Å²) in [4.78, 5) is 18.9. The van der Waals surface area contributed by atoms with Crippen LogP contribution in [0.3, 0.4) is 0 Å². The van der Waals surface area contributed by atoms with Crippen LogP contribution in [0.1, 0.15) is 26.0 Å². The Morgan fingerprint density at radius 3 is 2.67 bits per heavy atom. The van der Waals surface area contributed by atoms with Gasteiger partial charge in [0.15, 0.2) is 0 Å². The summed E-state index contributed by atoms with van der Waals surface area (Å²) in [6, 6.07) is 5.75. The Hall–Kier alpha value is -1.42. The molecule has 18 heavy (non-hydrogen) atoms. The standard InChI is InChI=1S/C14H21N3O/c1-3-17(4-2)13(18)14(9-11(14)10-15)12-7-5-6-8-16-12/h5-8,11H,3-4,9-10,15H2,1-2H3/t11-,14-/m0/s1. The molecule has 1 aliphatic carbocycles. The molecule has 0 aliphatic heterocycles. The lowest BCUT2D eigenvalue weighted by Crippen LogP contribution is -2.41. The second-order valence-corrected chi connectivity index (χ2v) is 4.80. The number of hydrogen-bond donors (Lipinski definition) is 1. The average molecular weight is 247 g/mol. The van der Waals surface area contributed by atoms with E-state index in [2.05, 4.69) is 4.98 Å². The SMILES string of the molecule is CCN(CC)C(=O)[C@@]1(c2ccccn2)C[C@H]1CN. The number of nitrogens with two attached hydrogens (primary N) is 1. The van der Waals surface area contributed by atoms with Gasteiger partial charge in [-0.3, -0.25) is 9.78 Å². The Bertz CT molecular complexity index is 416. The van der Waals surface area contributed by atoms with Crippen LogP contribution >= 0.6 is 0 Å². The summed E-state index contributed by atoms with van der Waals surface area (Å²) in [5.74, 6) is 0.419. The first kappa shape index (κ1) is 13.0. The van der Waals surface area contributed by atoms with E-state index in [1.54, 1.807) is 6.20 Å². The number of nitrogens with zero attached hydrogens (tertiary/aromatic N) is 2. The Labute approximate surface area is 108 Å². The van der Waals surface area contributed by atoms with Gasteiger partial charge >= 0.3 is 0 Å². The zero-order valence-corrected chi connectivity index (χ0v) is 11.1. The van der Waals surface area contributed by atoms with E-state index in [-0.39, 0.29) is 11.8 Å². The van der Waals surface area contributed by atoms with Gasteiger partial charge in [-0.2, -0.15) is 0 Å². The van der Waals surface area contributed by atoms with E-state index in [1.165, 1.54) is 0 Å². The van der Waals surface area contributed by atoms with Gasteiger partial charge in [-0.1, -0.05) is 6.07 Å². The molecule has 1 aromatic heterocycles. The zero-order valence-electron chi connectivity index (χ0n) is 11.1. The molecule has 0 bridgehead atoms. The van der Waals surface area contributed by atoms with Crippen LogP contribution in [0.15, 0.2) is 24.4 Å². The van der Waals surface area contributed by atoms with Crippen molar-refractivity contribution < 1.29 is 4.79 Å². The van der Waals surface area contributed by atoms with Crippen LogP contribution in [0, 0.1) is 5.92 Å². The third-order valence-corrected chi connectivity index (χ3v) is 3.94.